The van der Waals surface area contributed by atoms with Gasteiger partial charge in [-0.3, -0.25) is 0 Å². The molecule has 0 rings (SSSR count). The third-order valence-electron chi connectivity index (χ3n) is 0.296. The second-order valence-electron chi connectivity index (χ2n) is 0.647. The lowest BCUT2D eigenvalue weighted by Gasteiger charge is -1.82. The Morgan fingerprint density at radius 3 is 2.57 bits per heavy atom. The van der Waals surface area contributed by atoms with Crippen LogP contribution >= 0.6 is 35.7 Å². The highest BCUT2D eigenvalue weighted by atomic mass is 32.2. The molecule has 0 unspecified atom stereocenters. The van der Waals surface area contributed by atoms with Crippen molar-refractivity contribution in [1.82, 2.24) is 0 Å². The fraction of sp³-hybridized carbons (Fsp3) is 0.333. The topological polar surface area (TPSA) is 23.8 Å². The highest BCUT2D eigenvalue weighted by Gasteiger charge is 1.88. The van der Waals surface area contributed by atoms with Gasteiger partial charge in [-0.25, -0.2) is 0 Å². The zero-order chi connectivity index (χ0) is 5.70. The van der Waals surface area contributed by atoms with E-state index in [2.05, 4.69) is 12.2 Å². The van der Waals surface area contributed by atoms with Crippen LogP contribution in [0.5, 0.6) is 0 Å². The van der Waals surface area contributed by atoms with Gasteiger partial charge in [0.1, 0.15) is 8.93 Å². The number of thiocarbonyl (C=S) groups is 1. The summed E-state index contributed by atoms with van der Waals surface area (Å²) >= 11 is 7.11. The number of nitriles is 1. The van der Waals surface area contributed by atoms with Crippen LogP contribution in [-0.4, -0.2) is 9.78 Å². The van der Waals surface area contributed by atoms with Gasteiger partial charge in [-0.2, -0.15) is 5.26 Å². The molecular formula is C3H3NS3. The number of thiocyanates is 1. The summed E-state index contributed by atoms with van der Waals surface area (Å²) in [6.45, 7) is 0. The predicted molar refractivity (Wildman–Crippen MR) is 39.3 cm³/mol. The molecule has 0 aliphatic heterocycles. The van der Waals surface area contributed by atoms with E-state index in [-0.39, 0.29) is 0 Å². The molecule has 0 bridgehead atoms. The molecule has 0 spiro atoms. The van der Waals surface area contributed by atoms with Gasteiger partial charge in [-0.05, 0) is 6.26 Å². The summed E-state index contributed by atoms with van der Waals surface area (Å²) in [4.78, 5) is 0. The zero-order valence-corrected chi connectivity index (χ0v) is 6.12. The number of nitrogens with zero attached hydrogens (tertiary/aromatic N) is 1. The van der Waals surface area contributed by atoms with Crippen LogP contribution < -0.4 is 0 Å². The van der Waals surface area contributed by atoms with Gasteiger partial charge in [0.15, 0.2) is 0 Å². The van der Waals surface area contributed by atoms with E-state index in [9.17, 15) is 0 Å². The minimum Gasteiger partial charge on any atom is -0.185 e. The quantitative estimate of drug-likeness (QED) is 0.387. The van der Waals surface area contributed by atoms with Gasteiger partial charge in [0.2, 0.25) is 0 Å². The molecule has 38 valence electrons. The van der Waals surface area contributed by atoms with Gasteiger partial charge >= 0.3 is 0 Å². The molecule has 0 aromatic carbocycles. The molecule has 0 radical (unpaired) electrons. The summed E-state index contributed by atoms with van der Waals surface area (Å²) in [6.07, 6.45) is 1.85. The Bertz CT molecular complexity index is 103. The minimum absolute atomic E-state index is 0.683. The Labute approximate surface area is 56.5 Å². The van der Waals surface area contributed by atoms with Crippen LogP contribution in [0.25, 0.3) is 0 Å². The first-order valence-corrected chi connectivity index (χ1v) is 3.90. The van der Waals surface area contributed by atoms with Crippen molar-refractivity contribution in [2.75, 3.05) is 6.26 Å². The molecular weight excluding hydrogens is 146 g/mol. The molecule has 0 atom stereocenters. The van der Waals surface area contributed by atoms with Crippen LogP contribution in [-0.2, 0) is 0 Å². The fourth-order valence-corrected chi connectivity index (χ4v) is 0.710. The lowest BCUT2D eigenvalue weighted by atomic mass is 11.8. The Kier molecular flexibility index (Phi) is 4.62. The van der Waals surface area contributed by atoms with E-state index in [1.165, 1.54) is 11.8 Å². The fourth-order valence-electron chi connectivity index (χ4n) is 0.0789. The molecule has 0 saturated heterocycles. The van der Waals surface area contributed by atoms with E-state index in [0.717, 1.165) is 11.8 Å². The van der Waals surface area contributed by atoms with Crippen molar-refractivity contribution in [1.29, 1.82) is 5.26 Å². The first-order chi connectivity index (χ1) is 3.31. The SMILES string of the molecule is CSC(=S)SC#N. The van der Waals surface area contributed by atoms with Gasteiger partial charge in [-0.15, -0.1) is 11.8 Å². The molecule has 0 aromatic rings. The van der Waals surface area contributed by atoms with Gasteiger partial charge in [0, 0.05) is 11.8 Å². The average molecular weight is 149 g/mol. The standard InChI is InChI=1S/C3H3NS3/c1-6-3(5)7-2-4/h1H3. The van der Waals surface area contributed by atoms with E-state index in [4.69, 9.17) is 5.26 Å². The number of rotatable bonds is 0. The molecule has 4 heteroatoms. The average Bonchev–Trinajstić information content (AvgIpc) is 1.68. The third kappa shape index (κ3) is 4.13. The lowest BCUT2D eigenvalue weighted by Crippen LogP contribution is -1.69. The van der Waals surface area contributed by atoms with Crippen molar-refractivity contribution >= 4 is 39.3 Å². The van der Waals surface area contributed by atoms with E-state index >= 15 is 0 Å². The Hall–Kier alpha value is 0.280. The molecule has 0 aliphatic rings. The zero-order valence-electron chi connectivity index (χ0n) is 3.67. The maximum absolute atomic E-state index is 7.98. The maximum Gasteiger partial charge on any atom is 0.139 e. The van der Waals surface area contributed by atoms with Gasteiger partial charge in [-0.1, -0.05) is 12.2 Å². The summed E-state index contributed by atoms with van der Waals surface area (Å²) in [5.74, 6) is 0. The lowest BCUT2D eigenvalue weighted by molar-refractivity contribution is 1.57. The van der Waals surface area contributed by atoms with Crippen LogP contribution in [0.3, 0.4) is 0 Å². The van der Waals surface area contributed by atoms with Crippen LogP contribution in [0.4, 0.5) is 0 Å². The molecule has 0 saturated carbocycles. The first kappa shape index (κ1) is 7.28. The van der Waals surface area contributed by atoms with E-state index in [1.807, 2.05) is 11.7 Å². The molecule has 1 nitrogen and oxygen atoms in total. The van der Waals surface area contributed by atoms with Crippen molar-refractivity contribution in [3.8, 4) is 5.40 Å². The molecule has 0 N–H and O–H groups in total. The number of hydrogen-bond donors (Lipinski definition) is 0. The second-order valence-corrected chi connectivity index (χ2v) is 3.44. The van der Waals surface area contributed by atoms with Crippen LogP contribution in [0.1, 0.15) is 0 Å². The Balaban J connectivity index is 3.23. The largest absolute Gasteiger partial charge is 0.185 e. The van der Waals surface area contributed by atoms with Crippen LogP contribution in [0, 0.1) is 10.7 Å². The molecule has 0 aromatic heterocycles. The van der Waals surface area contributed by atoms with Crippen molar-refractivity contribution in [2.45, 2.75) is 0 Å². The molecule has 0 heterocycles. The van der Waals surface area contributed by atoms with Gasteiger partial charge in [0.05, 0.1) is 0 Å². The summed E-state index contributed by atoms with van der Waals surface area (Å²) < 4.78 is 0.683. The number of hydrogen-bond acceptors (Lipinski definition) is 4. The Morgan fingerprint density at radius 1 is 1.86 bits per heavy atom. The van der Waals surface area contributed by atoms with Crippen molar-refractivity contribution in [3.05, 3.63) is 0 Å². The van der Waals surface area contributed by atoms with E-state index in [0.29, 0.717) is 3.53 Å². The number of thioether (sulfide) groups is 2. The highest BCUT2D eigenvalue weighted by Crippen LogP contribution is 2.11. The molecule has 0 fully saturated rings. The predicted octanol–water partition coefficient (Wildman–Crippen LogP) is 1.85. The highest BCUT2D eigenvalue weighted by molar-refractivity contribution is 8.48. The Morgan fingerprint density at radius 2 is 2.43 bits per heavy atom. The summed E-state index contributed by atoms with van der Waals surface area (Å²) in [6, 6.07) is 0. The minimum atomic E-state index is 0.683. The van der Waals surface area contributed by atoms with Crippen LogP contribution in [0.2, 0.25) is 0 Å². The summed E-state index contributed by atoms with van der Waals surface area (Å²) in [5.41, 5.74) is 0. The van der Waals surface area contributed by atoms with Crippen molar-refractivity contribution < 1.29 is 0 Å². The van der Waals surface area contributed by atoms with Crippen molar-refractivity contribution in [2.24, 2.45) is 0 Å². The molecule has 0 amide bonds. The summed E-state index contributed by atoms with van der Waals surface area (Å²) in [7, 11) is 0. The first-order valence-electron chi connectivity index (χ1n) is 1.45. The van der Waals surface area contributed by atoms with Gasteiger partial charge in [0.25, 0.3) is 0 Å². The van der Waals surface area contributed by atoms with E-state index < -0.39 is 0 Å². The summed E-state index contributed by atoms with van der Waals surface area (Å²) in [5, 5.41) is 9.85. The smallest absolute Gasteiger partial charge is 0.139 e. The normalized spacial score (nSPS) is 7.43. The van der Waals surface area contributed by atoms with E-state index in [1.54, 1.807) is 0 Å². The second kappa shape index (κ2) is 4.44. The van der Waals surface area contributed by atoms with Crippen molar-refractivity contribution in [3.63, 3.8) is 0 Å². The molecule has 0 aliphatic carbocycles. The van der Waals surface area contributed by atoms with Gasteiger partial charge < -0.3 is 0 Å². The third-order valence-corrected chi connectivity index (χ3v) is 2.39. The van der Waals surface area contributed by atoms with Crippen LogP contribution in [0.15, 0.2) is 0 Å². The monoisotopic (exact) mass is 149 g/mol. The molecule has 7 heavy (non-hydrogen) atoms. The maximum atomic E-state index is 7.98.